The maximum absolute atomic E-state index is 11.2. The molecule has 0 unspecified atom stereocenters. The predicted octanol–water partition coefficient (Wildman–Crippen LogP) is 3.77. The summed E-state index contributed by atoms with van der Waals surface area (Å²) in [6.07, 6.45) is 2.14. The monoisotopic (exact) mass is 287 g/mol. The Morgan fingerprint density at radius 3 is 2.67 bits per heavy atom. The van der Waals surface area contributed by atoms with Gasteiger partial charge in [-0.1, -0.05) is 34.1 Å². The van der Waals surface area contributed by atoms with Gasteiger partial charge in [-0.05, 0) is 36.1 Å². The Labute approximate surface area is 102 Å². The van der Waals surface area contributed by atoms with Gasteiger partial charge < -0.3 is 4.90 Å². The van der Waals surface area contributed by atoms with E-state index in [1.54, 1.807) is 4.90 Å². The fourth-order valence-electron chi connectivity index (χ4n) is 1.53. The van der Waals surface area contributed by atoms with Gasteiger partial charge in [0.15, 0.2) is 0 Å². The van der Waals surface area contributed by atoms with Crippen LogP contribution in [0.3, 0.4) is 0 Å². The fourth-order valence-corrected chi connectivity index (χ4v) is 2.14. The second kappa shape index (κ2) is 4.54. The van der Waals surface area contributed by atoms with Crippen molar-refractivity contribution in [2.75, 3.05) is 0 Å². The van der Waals surface area contributed by atoms with Gasteiger partial charge in [-0.2, -0.15) is 0 Å². The van der Waals surface area contributed by atoms with E-state index >= 15 is 0 Å². The molecule has 2 nitrogen and oxygen atoms in total. The molecular formula is C11H11BrClNO. The Morgan fingerprint density at radius 2 is 2.13 bits per heavy atom. The van der Waals surface area contributed by atoms with Crippen molar-refractivity contribution in [2.24, 2.45) is 0 Å². The first-order valence-corrected chi connectivity index (χ1v) is 6.05. The molecule has 0 atom stereocenters. The van der Waals surface area contributed by atoms with Crippen molar-refractivity contribution in [3.05, 3.63) is 34.3 Å². The smallest absolute Gasteiger partial charge is 0.316 e. The zero-order valence-electron chi connectivity index (χ0n) is 8.12. The first-order chi connectivity index (χ1) is 7.18. The summed E-state index contributed by atoms with van der Waals surface area (Å²) in [6, 6.07) is 8.24. The number of amides is 1. The van der Waals surface area contributed by atoms with E-state index in [2.05, 4.69) is 15.9 Å². The molecule has 0 spiro atoms. The van der Waals surface area contributed by atoms with Crippen LogP contribution in [0.4, 0.5) is 4.79 Å². The summed E-state index contributed by atoms with van der Waals surface area (Å²) in [6.45, 7) is 0.592. The van der Waals surface area contributed by atoms with E-state index in [9.17, 15) is 4.79 Å². The number of benzene rings is 1. The standard InChI is InChI=1S/C11H11BrClNO/c12-10-4-2-1-3-8(10)7-14(11(13)15)9-5-6-9/h1-4,9H,5-7H2. The van der Waals surface area contributed by atoms with Gasteiger partial charge in [-0.3, -0.25) is 4.79 Å². The van der Waals surface area contributed by atoms with Gasteiger partial charge in [0, 0.05) is 17.1 Å². The lowest BCUT2D eigenvalue weighted by Gasteiger charge is -2.19. The molecule has 1 aromatic carbocycles. The number of carbonyl (C=O) groups is 1. The van der Waals surface area contributed by atoms with Crippen LogP contribution in [0, 0.1) is 0 Å². The molecule has 80 valence electrons. The van der Waals surface area contributed by atoms with Crippen molar-refractivity contribution in [3.8, 4) is 0 Å². The third kappa shape index (κ3) is 2.73. The van der Waals surface area contributed by atoms with Gasteiger partial charge in [-0.25, -0.2) is 0 Å². The van der Waals surface area contributed by atoms with Crippen molar-refractivity contribution < 1.29 is 4.79 Å². The molecule has 0 radical (unpaired) electrons. The Balaban J connectivity index is 2.12. The molecule has 0 aromatic heterocycles. The highest BCUT2D eigenvalue weighted by Gasteiger charge is 2.31. The van der Waals surface area contributed by atoms with Crippen LogP contribution in [-0.4, -0.2) is 16.3 Å². The summed E-state index contributed by atoms with van der Waals surface area (Å²) in [7, 11) is 0. The quantitative estimate of drug-likeness (QED) is 0.612. The van der Waals surface area contributed by atoms with Crippen molar-refractivity contribution in [3.63, 3.8) is 0 Å². The van der Waals surface area contributed by atoms with Crippen molar-refractivity contribution in [1.82, 2.24) is 4.90 Å². The van der Waals surface area contributed by atoms with Gasteiger partial charge in [0.1, 0.15) is 0 Å². The Morgan fingerprint density at radius 1 is 1.47 bits per heavy atom. The molecule has 4 heteroatoms. The minimum absolute atomic E-state index is 0.349. The average Bonchev–Trinajstić information content (AvgIpc) is 2.99. The van der Waals surface area contributed by atoms with E-state index in [-0.39, 0.29) is 5.37 Å². The van der Waals surface area contributed by atoms with Crippen LogP contribution < -0.4 is 0 Å². The van der Waals surface area contributed by atoms with Crippen LogP contribution in [0.1, 0.15) is 18.4 Å². The third-order valence-electron chi connectivity index (χ3n) is 2.51. The van der Waals surface area contributed by atoms with Gasteiger partial charge in [0.2, 0.25) is 0 Å². The summed E-state index contributed by atoms with van der Waals surface area (Å²) >= 11 is 9.02. The predicted molar refractivity (Wildman–Crippen MR) is 64.0 cm³/mol. The SMILES string of the molecule is O=C(Cl)N(Cc1ccccc1Br)C1CC1. The van der Waals surface area contributed by atoms with Crippen LogP contribution >= 0.6 is 27.5 Å². The molecule has 1 aliphatic rings. The van der Waals surface area contributed by atoms with E-state index in [1.165, 1.54) is 0 Å². The second-order valence-corrected chi connectivity index (χ2v) is 4.88. The summed E-state index contributed by atoms with van der Waals surface area (Å²) in [4.78, 5) is 12.9. The van der Waals surface area contributed by atoms with Crippen LogP contribution in [0.15, 0.2) is 28.7 Å². The second-order valence-electron chi connectivity index (χ2n) is 3.70. The number of hydrogen-bond acceptors (Lipinski definition) is 1. The van der Waals surface area contributed by atoms with E-state index in [4.69, 9.17) is 11.6 Å². The van der Waals surface area contributed by atoms with Gasteiger partial charge in [0.05, 0.1) is 0 Å². The van der Waals surface area contributed by atoms with Crippen LogP contribution in [-0.2, 0) is 6.54 Å². The summed E-state index contributed by atoms with van der Waals surface area (Å²) in [5, 5.41) is -0.353. The average molecular weight is 289 g/mol. The molecule has 2 rings (SSSR count). The molecule has 0 saturated heterocycles. The van der Waals surface area contributed by atoms with Crippen molar-refractivity contribution >= 4 is 32.9 Å². The van der Waals surface area contributed by atoms with Gasteiger partial charge in [0.25, 0.3) is 0 Å². The highest BCUT2D eigenvalue weighted by atomic mass is 79.9. The fraction of sp³-hybridized carbons (Fsp3) is 0.364. The maximum Gasteiger partial charge on any atom is 0.316 e. The minimum atomic E-state index is -0.353. The maximum atomic E-state index is 11.2. The van der Waals surface area contributed by atoms with Crippen LogP contribution in [0.2, 0.25) is 0 Å². The zero-order chi connectivity index (χ0) is 10.8. The molecule has 0 heterocycles. The number of halogens is 2. The minimum Gasteiger partial charge on any atom is -0.322 e. The van der Waals surface area contributed by atoms with E-state index in [0.717, 1.165) is 22.9 Å². The van der Waals surface area contributed by atoms with Crippen molar-refractivity contribution in [1.29, 1.82) is 0 Å². The number of hydrogen-bond donors (Lipinski definition) is 0. The molecule has 15 heavy (non-hydrogen) atoms. The van der Waals surface area contributed by atoms with Crippen molar-refractivity contribution in [2.45, 2.75) is 25.4 Å². The molecule has 0 aliphatic heterocycles. The summed E-state index contributed by atoms with van der Waals surface area (Å²) < 4.78 is 1.02. The highest BCUT2D eigenvalue weighted by Crippen LogP contribution is 2.30. The molecule has 1 fully saturated rings. The van der Waals surface area contributed by atoms with E-state index in [0.29, 0.717) is 12.6 Å². The summed E-state index contributed by atoms with van der Waals surface area (Å²) in [5.74, 6) is 0. The number of carbonyl (C=O) groups excluding carboxylic acids is 1. The molecule has 1 aromatic rings. The van der Waals surface area contributed by atoms with Gasteiger partial charge in [-0.15, -0.1) is 0 Å². The largest absolute Gasteiger partial charge is 0.322 e. The lowest BCUT2D eigenvalue weighted by molar-refractivity contribution is 0.216. The van der Waals surface area contributed by atoms with E-state index < -0.39 is 0 Å². The lowest BCUT2D eigenvalue weighted by atomic mass is 10.2. The number of nitrogens with zero attached hydrogens (tertiary/aromatic N) is 1. The first kappa shape index (κ1) is 11.0. The molecule has 0 bridgehead atoms. The highest BCUT2D eigenvalue weighted by molar-refractivity contribution is 9.10. The van der Waals surface area contributed by atoms with E-state index in [1.807, 2.05) is 24.3 Å². The molecule has 1 saturated carbocycles. The topological polar surface area (TPSA) is 20.3 Å². The first-order valence-electron chi connectivity index (χ1n) is 4.88. The number of rotatable bonds is 3. The van der Waals surface area contributed by atoms with Gasteiger partial charge >= 0.3 is 5.37 Å². The Bertz CT molecular complexity index is 379. The molecular weight excluding hydrogens is 277 g/mol. The Kier molecular flexibility index (Phi) is 3.32. The lowest BCUT2D eigenvalue weighted by Crippen LogP contribution is -2.27. The van der Waals surface area contributed by atoms with Crippen LogP contribution in [0.25, 0.3) is 0 Å². The molecule has 1 amide bonds. The zero-order valence-corrected chi connectivity index (χ0v) is 10.5. The normalized spacial score (nSPS) is 15.1. The summed E-state index contributed by atoms with van der Waals surface area (Å²) in [5.41, 5.74) is 1.10. The molecule has 1 aliphatic carbocycles. The molecule has 0 N–H and O–H groups in total. The van der Waals surface area contributed by atoms with Crippen LogP contribution in [0.5, 0.6) is 0 Å². The Hall–Kier alpha value is -0.540. The third-order valence-corrected chi connectivity index (χ3v) is 3.50.